The first kappa shape index (κ1) is 14.7. The zero-order valence-corrected chi connectivity index (χ0v) is 13.7. The van der Waals surface area contributed by atoms with Crippen molar-refractivity contribution in [3.05, 3.63) is 35.0 Å². The molecule has 4 rings (SSSR count). The van der Waals surface area contributed by atoms with Gasteiger partial charge in [-0.05, 0) is 13.8 Å². The lowest BCUT2D eigenvalue weighted by Gasteiger charge is -2.27. The molecule has 2 bridgehead atoms. The Morgan fingerprint density at radius 3 is 2.88 bits per heavy atom. The van der Waals surface area contributed by atoms with Gasteiger partial charge in [0.2, 0.25) is 5.95 Å². The molecule has 3 aromatic heterocycles. The topological polar surface area (TPSA) is 88.9 Å². The van der Waals surface area contributed by atoms with Gasteiger partial charge in [-0.3, -0.25) is 4.98 Å². The maximum atomic E-state index is 12.5. The van der Waals surface area contributed by atoms with Crippen LogP contribution < -0.4 is 15.3 Å². The number of pyridine rings is 1. The third-order valence-electron chi connectivity index (χ3n) is 4.37. The molecule has 1 N–H and O–H groups in total. The number of fused-ring (bicyclic) bond motifs is 3. The van der Waals surface area contributed by atoms with Crippen LogP contribution in [0.3, 0.4) is 0 Å². The van der Waals surface area contributed by atoms with E-state index in [-0.39, 0.29) is 17.8 Å². The van der Waals surface area contributed by atoms with Crippen molar-refractivity contribution in [2.24, 2.45) is 0 Å². The molecule has 8 heteroatoms. The van der Waals surface area contributed by atoms with Crippen molar-refractivity contribution in [1.82, 2.24) is 24.5 Å². The fraction of sp³-hybridized carbons (Fsp3) is 0.375. The van der Waals surface area contributed by atoms with E-state index in [1.165, 1.54) is 4.57 Å². The van der Waals surface area contributed by atoms with Crippen LogP contribution in [0.4, 0.5) is 5.95 Å². The first-order valence-corrected chi connectivity index (χ1v) is 7.87. The lowest BCUT2D eigenvalue weighted by Crippen LogP contribution is -2.34. The quantitative estimate of drug-likeness (QED) is 0.673. The van der Waals surface area contributed by atoms with Gasteiger partial charge in [-0.25, -0.2) is 19.3 Å². The summed E-state index contributed by atoms with van der Waals surface area (Å²) in [6.45, 7) is 4.11. The van der Waals surface area contributed by atoms with E-state index >= 15 is 0 Å². The van der Waals surface area contributed by atoms with Crippen molar-refractivity contribution in [1.29, 1.82) is 0 Å². The molecule has 1 aliphatic heterocycles. The summed E-state index contributed by atoms with van der Waals surface area (Å²) in [6.07, 6.45) is 4.04. The minimum atomic E-state index is -0.305. The van der Waals surface area contributed by atoms with Crippen LogP contribution in [0.25, 0.3) is 17.0 Å². The molecule has 124 valence electrons. The SMILES string of the molecule is C[C@@H]1C[C@H](C)N(C)c2nccc(n2)-n2c(=O)[nH]c3nccc(c32)O1. The summed E-state index contributed by atoms with van der Waals surface area (Å²) in [4.78, 5) is 30.4. The first-order valence-electron chi connectivity index (χ1n) is 7.87. The first-order chi connectivity index (χ1) is 11.5. The largest absolute Gasteiger partial charge is 0.488 e. The summed E-state index contributed by atoms with van der Waals surface area (Å²) in [5.74, 6) is 1.67. The number of nitrogens with one attached hydrogen (secondary N) is 1. The van der Waals surface area contributed by atoms with Crippen molar-refractivity contribution in [2.45, 2.75) is 32.4 Å². The summed E-state index contributed by atoms with van der Waals surface area (Å²) >= 11 is 0. The molecule has 0 amide bonds. The third-order valence-corrected chi connectivity index (χ3v) is 4.37. The average molecular weight is 326 g/mol. The summed E-state index contributed by atoms with van der Waals surface area (Å²) in [5, 5.41) is 0. The summed E-state index contributed by atoms with van der Waals surface area (Å²) in [6, 6.07) is 3.66. The van der Waals surface area contributed by atoms with Crippen molar-refractivity contribution >= 4 is 17.1 Å². The highest BCUT2D eigenvalue weighted by atomic mass is 16.5. The molecule has 0 saturated heterocycles. The number of nitrogens with zero attached hydrogens (tertiary/aromatic N) is 5. The smallest absolute Gasteiger partial charge is 0.333 e. The van der Waals surface area contributed by atoms with Crippen molar-refractivity contribution in [2.75, 3.05) is 11.9 Å². The van der Waals surface area contributed by atoms with Crippen LogP contribution in [-0.2, 0) is 0 Å². The molecule has 0 aliphatic carbocycles. The lowest BCUT2D eigenvalue weighted by molar-refractivity contribution is 0.204. The van der Waals surface area contributed by atoms with Crippen LogP contribution in [0, 0.1) is 0 Å². The normalized spacial score (nSPS) is 20.5. The van der Waals surface area contributed by atoms with Crippen LogP contribution in [-0.4, -0.2) is 43.7 Å². The Labute approximate surface area is 138 Å². The fourth-order valence-corrected chi connectivity index (χ4v) is 3.05. The van der Waals surface area contributed by atoms with E-state index in [1.807, 2.05) is 18.9 Å². The Hall–Kier alpha value is -2.90. The third kappa shape index (κ3) is 2.22. The molecular formula is C16H18N6O2. The second-order valence-corrected chi connectivity index (χ2v) is 6.11. The number of aromatic nitrogens is 5. The molecule has 0 radical (unpaired) electrons. The molecule has 0 saturated carbocycles. The molecule has 4 heterocycles. The Kier molecular flexibility index (Phi) is 3.26. The molecule has 1 aliphatic rings. The second kappa shape index (κ2) is 5.33. The Balaban J connectivity index is 2.05. The molecular weight excluding hydrogens is 308 g/mol. The highest BCUT2D eigenvalue weighted by Gasteiger charge is 2.22. The number of anilines is 1. The zero-order valence-electron chi connectivity index (χ0n) is 13.7. The summed E-state index contributed by atoms with van der Waals surface area (Å²) in [7, 11) is 1.94. The Bertz CT molecular complexity index is 963. The Morgan fingerprint density at radius 2 is 2.04 bits per heavy atom. The van der Waals surface area contributed by atoms with Crippen molar-refractivity contribution < 1.29 is 4.74 Å². The number of hydrogen-bond donors (Lipinski definition) is 1. The van der Waals surface area contributed by atoms with E-state index in [4.69, 9.17) is 4.74 Å². The highest BCUT2D eigenvalue weighted by molar-refractivity contribution is 5.80. The van der Waals surface area contributed by atoms with Gasteiger partial charge < -0.3 is 9.64 Å². The predicted molar refractivity (Wildman–Crippen MR) is 89.9 cm³/mol. The van der Waals surface area contributed by atoms with Crippen molar-refractivity contribution in [3.8, 4) is 11.6 Å². The highest BCUT2D eigenvalue weighted by Crippen LogP contribution is 2.27. The Morgan fingerprint density at radius 1 is 1.25 bits per heavy atom. The van der Waals surface area contributed by atoms with Gasteiger partial charge in [0.15, 0.2) is 5.65 Å². The molecule has 0 fully saturated rings. The van der Waals surface area contributed by atoms with Gasteiger partial charge in [0.05, 0.1) is 6.10 Å². The summed E-state index contributed by atoms with van der Waals surface area (Å²) in [5.41, 5.74) is 0.766. The number of hydrogen-bond acceptors (Lipinski definition) is 6. The van der Waals surface area contributed by atoms with E-state index in [0.29, 0.717) is 28.7 Å². The minimum Gasteiger partial charge on any atom is -0.488 e. The predicted octanol–water partition coefficient (Wildman–Crippen LogP) is 1.50. The maximum absolute atomic E-state index is 12.5. The van der Waals surface area contributed by atoms with Crippen molar-refractivity contribution in [3.63, 3.8) is 0 Å². The van der Waals surface area contributed by atoms with Gasteiger partial charge >= 0.3 is 5.69 Å². The number of ether oxygens (including phenoxy) is 1. The number of aromatic amines is 1. The van der Waals surface area contributed by atoms with E-state index in [2.05, 4.69) is 26.9 Å². The number of rotatable bonds is 0. The van der Waals surface area contributed by atoms with E-state index in [1.54, 1.807) is 24.5 Å². The van der Waals surface area contributed by atoms with Crippen LogP contribution in [0.5, 0.6) is 5.75 Å². The van der Waals surface area contributed by atoms with Gasteiger partial charge in [-0.1, -0.05) is 0 Å². The van der Waals surface area contributed by atoms with Gasteiger partial charge in [0.25, 0.3) is 0 Å². The molecule has 2 atom stereocenters. The van der Waals surface area contributed by atoms with Gasteiger partial charge in [0.1, 0.15) is 17.1 Å². The molecule has 24 heavy (non-hydrogen) atoms. The molecule has 0 aromatic carbocycles. The van der Waals surface area contributed by atoms with Crippen LogP contribution in [0.2, 0.25) is 0 Å². The van der Waals surface area contributed by atoms with E-state index in [0.717, 1.165) is 6.42 Å². The summed E-state index contributed by atoms with van der Waals surface area (Å²) < 4.78 is 7.60. The molecule has 8 nitrogen and oxygen atoms in total. The standard InChI is InChI=1S/C16H18N6O2/c1-9-8-10(2)24-11-4-6-17-14-13(11)22(16(23)20-14)12-5-7-18-15(19-12)21(9)3/h4-7,9-10H,8H2,1-3H3,(H,17,20,23)/t9-,10+/m0/s1. The zero-order chi connectivity index (χ0) is 16.8. The second-order valence-electron chi connectivity index (χ2n) is 6.11. The molecule has 0 spiro atoms. The monoisotopic (exact) mass is 326 g/mol. The fourth-order valence-electron chi connectivity index (χ4n) is 3.05. The maximum Gasteiger partial charge on any atom is 0.333 e. The molecule has 0 unspecified atom stereocenters. The average Bonchev–Trinajstić information content (AvgIpc) is 2.90. The van der Waals surface area contributed by atoms with Gasteiger partial charge in [-0.15, -0.1) is 0 Å². The van der Waals surface area contributed by atoms with Crippen LogP contribution in [0.15, 0.2) is 29.3 Å². The minimum absolute atomic E-state index is 0.0389. The van der Waals surface area contributed by atoms with E-state index < -0.39 is 0 Å². The van der Waals surface area contributed by atoms with Crippen LogP contribution in [0.1, 0.15) is 20.3 Å². The number of imidazole rings is 1. The van der Waals surface area contributed by atoms with Crippen LogP contribution >= 0.6 is 0 Å². The van der Waals surface area contributed by atoms with Gasteiger partial charge in [0, 0.05) is 44.0 Å². The number of H-pyrrole nitrogens is 1. The van der Waals surface area contributed by atoms with Gasteiger partial charge in [-0.2, -0.15) is 4.98 Å². The van der Waals surface area contributed by atoms with E-state index in [9.17, 15) is 4.79 Å². The lowest BCUT2D eigenvalue weighted by atomic mass is 10.1. The molecule has 3 aromatic rings.